The smallest absolute Gasteiger partial charge is 0.00669 e. The van der Waals surface area contributed by atoms with Crippen LogP contribution < -0.4 is 5.32 Å². The van der Waals surface area contributed by atoms with Crippen LogP contribution in [0.3, 0.4) is 0 Å². The second-order valence-corrected chi connectivity index (χ2v) is 5.00. The van der Waals surface area contributed by atoms with E-state index in [2.05, 4.69) is 31.0 Å². The second kappa shape index (κ2) is 7.24. The van der Waals surface area contributed by atoms with Crippen LogP contribution in [0.5, 0.6) is 0 Å². The summed E-state index contributed by atoms with van der Waals surface area (Å²) >= 11 is 0. The topological polar surface area (TPSA) is 15.3 Å². The van der Waals surface area contributed by atoms with Crippen molar-refractivity contribution in [2.24, 2.45) is 0 Å². The fourth-order valence-corrected chi connectivity index (χ4v) is 2.26. The zero-order valence-corrected chi connectivity index (χ0v) is 10.8. The Hall–Kier alpha value is -0.0800. The average molecular weight is 212 g/mol. The van der Waals surface area contributed by atoms with Crippen LogP contribution in [0, 0.1) is 0 Å². The highest BCUT2D eigenvalue weighted by atomic mass is 15.2. The molecular formula is C13H28N2. The monoisotopic (exact) mass is 212 g/mol. The fraction of sp³-hybridized carbons (Fsp3) is 1.00. The Labute approximate surface area is 95.4 Å². The normalized spacial score (nSPS) is 25.4. The maximum Gasteiger partial charge on any atom is 0.00669 e. The highest BCUT2D eigenvalue weighted by Crippen LogP contribution is 2.15. The van der Waals surface area contributed by atoms with Gasteiger partial charge in [-0.25, -0.2) is 0 Å². The number of piperidine rings is 1. The van der Waals surface area contributed by atoms with Crippen LogP contribution in [0.15, 0.2) is 0 Å². The molecule has 1 saturated heterocycles. The average Bonchev–Trinajstić information content (AvgIpc) is 2.26. The van der Waals surface area contributed by atoms with Crippen LogP contribution in [-0.4, -0.2) is 36.6 Å². The van der Waals surface area contributed by atoms with Crippen molar-refractivity contribution in [2.45, 2.75) is 65.0 Å². The number of nitrogens with zero attached hydrogens (tertiary/aromatic N) is 1. The van der Waals surface area contributed by atoms with E-state index in [0.29, 0.717) is 6.04 Å². The fourth-order valence-electron chi connectivity index (χ4n) is 2.26. The van der Waals surface area contributed by atoms with Gasteiger partial charge in [-0.2, -0.15) is 0 Å². The summed E-state index contributed by atoms with van der Waals surface area (Å²) in [6.45, 7) is 10.7. The molecule has 0 aromatic carbocycles. The molecule has 0 radical (unpaired) electrons. The van der Waals surface area contributed by atoms with E-state index in [0.717, 1.165) is 6.04 Å². The molecule has 1 N–H and O–H groups in total. The third kappa shape index (κ3) is 4.98. The molecule has 0 amide bonds. The Balaban J connectivity index is 2.03. The molecule has 0 aromatic heterocycles. The van der Waals surface area contributed by atoms with Gasteiger partial charge >= 0.3 is 0 Å². The van der Waals surface area contributed by atoms with E-state index in [1.807, 2.05) is 0 Å². The summed E-state index contributed by atoms with van der Waals surface area (Å²) in [5, 5.41) is 3.56. The molecule has 0 aromatic rings. The zero-order chi connectivity index (χ0) is 11.1. The van der Waals surface area contributed by atoms with Crippen molar-refractivity contribution in [3.8, 4) is 0 Å². The molecule has 1 aliphatic heterocycles. The van der Waals surface area contributed by atoms with Crippen molar-refractivity contribution in [1.82, 2.24) is 10.2 Å². The molecule has 1 fully saturated rings. The minimum Gasteiger partial charge on any atom is -0.314 e. The summed E-state index contributed by atoms with van der Waals surface area (Å²) in [6.07, 6.45) is 6.78. The van der Waals surface area contributed by atoms with Crippen molar-refractivity contribution in [2.75, 3.05) is 19.6 Å². The molecule has 0 bridgehead atoms. The lowest BCUT2D eigenvalue weighted by atomic mass is 10.0. The maximum absolute atomic E-state index is 3.56. The first-order valence-corrected chi connectivity index (χ1v) is 6.71. The Kier molecular flexibility index (Phi) is 6.26. The largest absolute Gasteiger partial charge is 0.314 e. The highest BCUT2D eigenvalue weighted by molar-refractivity contribution is 4.73. The molecule has 90 valence electrons. The van der Waals surface area contributed by atoms with Gasteiger partial charge in [0.25, 0.3) is 0 Å². The van der Waals surface area contributed by atoms with E-state index in [1.165, 1.54) is 51.7 Å². The van der Waals surface area contributed by atoms with Crippen LogP contribution in [0.25, 0.3) is 0 Å². The molecular weight excluding hydrogens is 184 g/mol. The van der Waals surface area contributed by atoms with E-state index in [-0.39, 0.29) is 0 Å². The van der Waals surface area contributed by atoms with Gasteiger partial charge in [0.2, 0.25) is 0 Å². The van der Waals surface area contributed by atoms with Gasteiger partial charge in [0.15, 0.2) is 0 Å². The van der Waals surface area contributed by atoms with Crippen molar-refractivity contribution >= 4 is 0 Å². The minimum atomic E-state index is 0.684. The van der Waals surface area contributed by atoms with E-state index in [4.69, 9.17) is 0 Å². The summed E-state index contributed by atoms with van der Waals surface area (Å²) in [5.74, 6) is 0. The molecule has 1 heterocycles. The Morgan fingerprint density at radius 3 is 2.87 bits per heavy atom. The lowest BCUT2D eigenvalue weighted by Gasteiger charge is -2.33. The molecule has 15 heavy (non-hydrogen) atoms. The Morgan fingerprint density at radius 2 is 2.20 bits per heavy atom. The van der Waals surface area contributed by atoms with Gasteiger partial charge in [-0.3, -0.25) is 0 Å². The van der Waals surface area contributed by atoms with Gasteiger partial charge in [0.05, 0.1) is 0 Å². The van der Waals surface area contributed by atoms with Crippen LogP contribution in [-0.2, 0) is 0 Å². The molecule has 0 saturated carbocycles. The predicted octanol–water partition coefficient (Wildman–Crippen LogP) is 2.64. The third-order valence-corrected chi connectivity index (χ3v) is 3.67. The van der Waals surface area contributed by atoms with E-state index in [9.17, 15) is 0 Å². The molecule has 2 atom stereocenters. The molecule has 0 unspecified atom stereocenters. The molecule has 0 spiro atoms. The van der Waals surface area contributed by atoms with Crippen molar-refractivity contribution < 1.29 is 0 Å². The first-order chi connectivity index (χ1) is 7.24. The predicted molar refractivity (Wildman–Crippen MR) is 67.3 cm³/mol. The SMILES string of the molecule is CC[C@@H](C)NCCCN1CCCC[C@@H]1C. The number of hydrogen-bond donors (Lipinski definition) is 1. The number of likely N-dealkylation sites (tertiary alicyclic amines) is 1. The molecule has 2 nitrogen and oxygen atoms in total. The maximum atomic E-state index is 3.56. The number of nitrogens with one attached hydrogen (secondary N) is 1. The van der Waals surface area contributed by atoms with E-state index >= 15 is 0 Å². The summed E-state index contributed by atoms with van der Waals surface area (Å²) in [5.41, 5.74) is 0. The lowest BCUT2D eigenvalue weighted by molar-refractivity contribution is 0.158. The van der Waals surface area contributed by atoms with Gasteiger partial charge in [-0.15, -0.1) is 0 Å². The number of hydrogen-bond acceptors (Lipinski definition) is 2. The molecule has 2 heteroatoms. The Morgan fingerprint density at radius 1 is 1.40 bits per heavy atom. The Bertz CT molecular complexity index is 159. The third-order valence-electron chi connectivity index (χ3n) is 3.67. The van der Waals surface area contributed by atoms with Gasteiger partial charge in [0.1, 0.15) is 0 Å². The quantitative estimate of drug-likeness (QED) is 0.681. The second-order valence-electron chi connectivity index (χ2n) is 5.00. The van der Waals surface area contributed by atoms with Gasteiger partial charge in [-0.1, -0.05) is 13.3 Å². The lowest BCUT2D eigenvalue weighted by Crippen LogP contribution is -2.39. The first-order valence-electron chi connectivity index (χ1n) is 6.71. The van der Waals surface area contributed by atoms with Gasteiger partial charge in [-0.05, 0) is 59.2 Å². The molecule has 1 aliphatic rings. The summed E-state index contributed by atoms with van der Waals surface area (Å²) in [6, 6.07) is 1.51. The van der Waals surface area contributed by atoms with E-state index in [1.54, 1.807) is 0 Å². The van der Waals surface area contributed by atoms with Crippen molar-refractivity contribution in [3.63, 3.8) is 0 Å². The minimum absolute atomic E-state index is 0.684. The summed E-state index contributed by atoms with van der Waals surface area (Å²) < 4.78 is 0. The van der Waals surface area contributed by atoms with Crippen molar-refractivity contribution in [1.29, 1.82) is 0 Å². The van der Waals surface area contributed by atoms with Crippen LogP contribution >= 0.6 is 0 Å². The first kappa shape index (κ1) is 13.0. The van der Waals surface area contributed by atoms with Gasteiger partial charge < -0.3 is 10.2 Å². The standard InChI is InChI=1S/C13H28N2/c1-4-12(2)14-9-7-11-15-10-6-5-8-13(15)3/h12-14H,4-11H2,1-3H3/t12-,13+/m1/s1. The molecule has 0 aliphatic carbocycles. The highest BCUT2D eigenvalue weighted by Gasteiger charge is 2.16. The van der Waals surface area contributed by atoms with Crippen LogP contribution in [0.2, 0.25) is 0 Å². The zero-order valence-electron chi connectivity index (χ0n) is 10.8. The van der Waals surface area contributed by atoms with Gasteiger partial charge in [0, 0.05) is 12.1 Å². The summed E-state index contributed by atoms with van der Waals surface area (Å²) in [7, 11) is 0. The van der Waals surface area contributed by atoms with E-state index < -0.39 is 0 Å². The summed E-state index contributed by atoms with van der Waals surface area (Å²) in [4.78, 5) is 2.65. The van der Waals surface area contributed by atoms with Crippen LogP contribution in [0.4, 0.5) is 0 Å². The van der Waals surface area contributed by atoms with Crippen LogP contribution in [0.1, 0.15) is 52.9 Å². The molecule has 1 rings (SSSR count). The number of rotatable bonds is 6. The van der Waals surface area contributed by atoms with Crippen molar-refractivity contribution in [3.05, 3.63) is 0 Å².